The van der Waals surface area contributed by atoms with Crippen LogP contribution >= 0.6 is 11.6 Å². The third-order valence-corrected chi connectivity index (χ3v) is 4.85. The average molecular weight is 289 g/mol. The molecule has 0 saturated carbocycles. The summed E-state index contributed by atoms with van der Waals surface area (Å²) in [6, 6.07) is 4.47. The molecule has 18 heavy (non-hydrogen) atoms. The lowest BCUT2D eigenvalue weighted by Crippen LogP contribution is -2.27. The van der Waals surface area contributed by atoms with Crippen LogP contribution in [0.3, 0.4) is 0 Å². The van der Waals surface area contributed by atoms with Crippen molar-refractivity contribution in [2.24, 2.45) is 0 Å². The number of halogens is 1. The Labute approximate surface area is 112 Å². The first-order chi connectivity index (χ1) is 8.59. The van der Waals surface area contributed by atoms with Crippen LogP contribution in [0.25, 0.3) is 0 Å². The summed E-state index contributed by atoms with van der Waals surface area (Å²) >= 11 is 5.78. The molecule has 1 N–H and O–H groups in total. The standard InChI is InChI=1S/C12H13ClO4S/c13-11-4-3-8(6-10(11)12(14)15)18(16)9-2-1-5-17-7-9/h3-4,6,9H,1-2,5,7H2,(H,14,15). The molecule has 2 rings (SSSR count). The number of ether oxygens (including phenoxy) is 1. The Morgan fingerprint density at radius 2 is 2.28 bits per heavy atom. The van der Waals surface area contributed by atoms with Gasteiger partial charge in [0.1, 0.15) is 0 Å². The summed E-state index contributed by atoms with van der Waals surface area (Å²) in [7, 11) is -1.25. The fourth-order valence-electron chi connectivity index (χ4n) is 1.87. The molecule has 1 heterocycles. The largest absolute Gasteiger partial charge is 0.478 e. The van der Waals surface area contributed by atoms with Crippen LogP contribution in [0.5, 0.6) is 0 Å². The number of rotatable bonds is 3. The molecule has 1 aromatic rings. The maximum absolute atomic E-state index is 12.3. The molecule has 2 atom stereocenters. The van der Waals surface area contributed by atoms with Gasteiger partial charge in [-0.25, -0.2) is 4.79 Å². The third-order valence-electron chi connectivity index (χ3n) is 2.82. The Morgan fingerprint density at radius 1 is 1.50 bits per heavy atom. The van der Waals surface area contributed by atoms with E-state index in [9.17, 15) is 9.00 Å². The third kappa shape index (κ3) is 2.91. The van der Waals surface area contributed by atoms with E-state index in [2.05, 4.69) is 0 Å². The molecule has 6 heteroatoms. The van der Waals surface area contributed by atoms with Crippen LogP contribution in [0.1, 0.15) is 23.2 Å². The van der Waals surface area contributed by atoms with E-state index in [1.807, 2.05) is 0 Å². The molecule has 0 amide bonds. The van der Waals surface area contributed by atoms with Crippen molar-refractivity contribution in [2.45, 2.75) is 23.0 Å². The van der Waals surface area contributed by atoms with Gasteiger partial charge in [-0.1, -0.05) is 11.6 Å². The Balaban J connectivity index is 2.24. The summed E-state index contributed by atoms with van der Waals surface area (Å²) in [4.78, 5) is 11.5. The van der Waals surface area contributed by atoms with Gasteiger partial charge in [-0.15, -0.1) is 0 Å². The Morgan fingerprint density at radius 3 is 2.89 bits per heavy atom. The van der Waals surface area contributed by atoms with Gasteiger partial charge < -0.3 is 9.84 Å². The zero-order valence-electron chi connectivity index (χ0n) is 9.60. The van der Waals surface area contributed by atoms with E-state index in [-0.39, 0.29) is 15.8 Å². The molecular weight excluding hydrogens is 276 g/mol. The van der Waals surface area contributed by atoms with Crippen molar-refractivity contribution >= 4 is 28.4 Å². The van der Waals surface area contributed by atoms with Gasteiger partial charge in [0.15, 0.2) is 0 Å². The predicted octanol–water partition coefficient (Wildman–Crippen LogP) is 2.32. The van der Waals surface area contributed by atoms with Gasteiger partial charge in [-0.3, -0.25) is 4.21 Å². The molecule has 98 valence electrons. The molecule has 4 nitrogen and oxygen atoms in total. The second kappa shape index (κ2) is 5.82. The van der Waals surface area contributed by atoms with Crippen molar-refractivity contribution in [3.63, 3.8) is 0 Å². The van der Waals surface area contributed by atoms with E-state index < -0.39 is 16.8 Å². The maximum atomic E-state index is 12.3. The highest BCUT2D eigenvalue weighted by Crippen LogP contribution is 2.23. The minimum absolute atomic E-state index is 0.0146. The normalized spacial score (nSPS) is 21.5. The van der Waals surface area contributed by atoms with Crippen LogP contribution < -0.4 is 0 Å². The first kappa shape index (κ1) is 13.5. The molecule has 2 unspecified atom stereocenters. The molecule has 1 aromatic carbocycles. The highest BCUT2D eigenvalue weighted by atomic mass is 35.5. The minimum Gasteiger partial charge on any atom is -0.478 e. The van der Waals surface area contributed by atoms with Gasteiger partial charge in [-0.2, -0.15) is 0 Å². The lowest BCUT2D eigenvalue weighted by Gasteiger charge is -2.21. The Hall–Kier alpha value is -0.910. The van der Waals surface area contributed by atoms with Crippen LogP contribution in [-0.2, 0) is 15.5 Å². The van der Waals surface area contributed by atoms with Crippen molar-refractivity contribution < 1.29 is 18.8 Å². The number of hydrogen-bond acceptors (Lipinski definition) is 3. The topological polar surface area (TPSA) is 63.6 Å². The Kier molecular flexibility index (Phi) is 4.37. The number of carboxylic acid groups (broad SMARTS) is 1. The van der Waals surface area contributed by atoms with Gasteiger partial charge in [-0.05, 0) is 31.0 Å². The highest BCUT2D eigenvalue weighted by molar-refractivity contribution is 7.85. The number of carbonyl (C=O) groups is 1. The number of aromatic carboxylic acids is 1. The monoisotopic (exact) mass is 288 g/mol. The fraction of sp³-hybridized carbons (Fsp3) is 0.417. The number of hydrogen-bond donors (Lipinski definition) is 1. The average Bonchev–Trinajstić information content (AvgIpc) is 2.39. The number of benzene rings is 1. The predicted molar refractivity (Wildman–Crippen MR) is 68.7 cm³/mol. The zero-order chi connectivity index (χ0) is 13.1. The van der Waals surface area contributed by atoms with Crippen molar-refractivity contribution in [1.82, 2.24) is 0 Å². The van der Waals surface area contributed by atoms with Crippen molar-refractivity contribution in [3.05, 3.63) is 28.8 Å². The van der Waals surface area contributed by atoms with E-state index in [4.69, 9.17) is 21.4 Å². The van der Waals surface area contributed by atoms with E-state index in [1.165, 1.54) is 12.1 Å². The maximum Gasteiger partial charge on any atom is 0.337 e. The highest BCUT2D eigenvalue weighted by Gasteiger charge is 2.23. The summed E-state index contributed by atoms with van der Waals surface area (Å²) in [5.41, 5.74) is -0.0146. The molecule has 1 aliphatic rings. The molecular formula is C12H13ClO4S. The van der Waals surface area contributed by atoms with Gasteiger partial charge in [0.05, 0.1) is 33.2 Å². The fourth-order valence-corrected chi connectivity index (χ4v) is 3.49. The second-order valence-corrected chi connectivity index (χ2v) is 6.22. The van der Waals surface area contributed by atoms with Crippen molar-refractivity contribution in [3.8, 4) is 0 Å². The summed E-state index contributed by atoms with van der Waals surface area (Å²) in [5.74, 6) is -1.11. The summed E-state index contributed by atoms with van der Waals surface area (Å²) in [6.45, 7) is 1.16. The molecule has 0 aromatic heterocycles. The van der Waals surface area contributed by atoms with Crippen LogP contribution in [0.15, 0.2) is 23.1 Å². The summed E-state index contributed by atoms with van der Waals surface area (Å²) in [5, 5.41) is 9.06. The van der Waals surface area contributed by atoms with E-state index in [0.29, 0.717) is 18.1 Å². The lowest BCUT2D eigenvalue weighted by molar-refractivity contribution is 0.0697. The van der Waals surface area contributed by atoms with Crippen LogP contribution in [0, 0.1) is 0 Å². The molecule has 1 aliphatic heterocycles. The van der Waals surface area contributed by atoms with Crippen molar-refractivity contribution in [2.75, 3.05) is 13.2 Å². The van der Waals surface area contributed by atoms with Gasteiger partial charge >= 0.3 is 5.97 Å². The van der Waals surface area contributed by atoms with Gasteiger partial charge in [0.25, 0.3) is 0 Å². The lowest BCUT2D eigenvalue weighted by atomic mass is 10.2. The smallest absolute Gasteiger partial charge is 0.337 e. The second-order valence-electron chi connectivity index (χ2n) is 4.08. The van der Waals surface area contributed by atoms with Gasteiger partial charge in [0.2, 0.25) is 0 Å². The molecule has 0 spiro atoms. The molecule has 0 aliphatic carbocycles. The summed E-state index contributed by atoms with van der Waals surface area (Å²) in [6.07, 6.45) is 1.72. The molecule has 1 saturated heterocycles. The summed E-state index contributed by atoms with van der Waals surface area (Å²) < 4.78 is 17.6. The zero-order valence-corrected chi connectivity index (χ0v) is 11.2. The number of carboxylic acids is 1. The van der Waals surface area contributed by atoms with Crippen LogP contribution in [-0.4, -0.2) is 33.7 Å². The first-order valence-corrected chi connectivity index (χ1v) is 7.20. The molecule has 0 bridgehead atoms. The van der Waals surface area contributed by atoms with Crippen LogP contribution in [0.4, 0.5) is 0 Å². The van der Waals surface area contributed by atoms with E-state index in [1.54, 1.807) is 6.07 Å². The van der Waals surface area contributed by atoms with E-state index in [0.717, 1.165) is 12.8 Å². The van der Waals surface area contributed by atoms with E-state index >= 15 is 0 Å². The molecule has 1 fully saturated rings. The van der Waals surface area contributed by atoms with Crippen LogP contribution in [0.2, 0.25) is 5.02 Å². The van der Waals surface area contributed by atoms with Crippen molar-refractivity contribution in [1.29, 1.82) is 0 Å². The van der Waals surface area contributed by atoms with Gasteiger partial charge in [0, 0.05) is 11.5 Å². The Bertz CT molecular complexity index is 483. The molecule has 0 radical (unpaired) electrons. The SMILES string of the molecule is O=C(O)c1cc(S(=O)C2CCCOC2)ccc1Cl. The first-order valence-electron chi connectivity index (χ1n) is 5.61. The minimum atomic E-state index is -1.25. The quantitative estimate of drug-likeness (QED) is 0.927.